The van der Waals surface area contributed by atoms with Gasteiger partial charge in [-0.25, -0.2) is 0 Å². The Bertz CT molecular complexity index is 1150. The maximum absolute atomic E-state index is 12.1. The van der Waals surface area contributed by atoms with Crippen molar-refractivity contribution in [2.24, 2.45) is 0 Å². The number of carbonyl (C=O) groups excluding carboxylic acids is 4. The summed E-state index contributed by atoms with van der Waals surface area (Å²) in [6.45, 7) is 8.77. The summed E-state index contributed by atoms with van der Waals surface area (Å²) >= 11 is 0. The summed E-state index contributed by atoms with van der Waals surface area (Å²) in [4.78, 5) is 47.5. The molecule has 3 rings (SSSR count). The smallest absolute Gasteiger partial charge is 0.308 e. The van der Waals surface area contributed by atoms with Gasteiger partial charge in [-0.05, 0) is 44.9 Å². The summed E-state index contributed by atoms with van der Waals surface area (Å²) in [5.74, 6) is -2.30. The summed E-state index contributed by atoms with van der Waals surface area (Å²) in [5, 5.41) is 0.276. The van der Waals surface area contributed by atoms with Crippen LogP contribution in [0.15, 0.2) is 18.2 Å². The average Bonchev–Trinajstić information content (AvgIpc) is 3.02. The molecule has 0 saturated carbocycles. The molecule has 0 bridgehead atoms. The Kier molecular flexibility index (Phi) is 6.73. The maximum atomic E-state index is 12.1. The van der Waals surface area contributed by atoms with Gasteiger partial charge in [-0.15, -0.1) is 0 Å². The third-order valence-electron chi connectivity index (χ3n) is 4.97. The topological polar surface area (TPSA) is 114 Å². The van der Waals surface area contributed by atoms with Crippen LogP contribution in [-0.4, -0.2) is 29.5 Å². The van der Waals surface area contributed by atoms with Gasteiger partial charge in [0.15, 0.2) is 0 Å². The minimum atomic E-state index is -0.623. The minimum Gasteiger partial charge on any atom is -0.426 e. The molecular formula is C24H26O9. The normalized spacial score (nSPS) is 16.8. The number of fused-ring (bicyclic) bond motifs is 1. The van der Waals surface area contributed by atoms with Crippen LogP contribution in [0.3, 0.4) is 0 Å². The first-order valence-corrected chi connectivity index (χ1v) is 10.4. The molecule has 2 aromatic rings. The molecule has 1 saturated heterocycles. The van der Waals surface area contributed by atoms with Crippen LogP contribution in [-0.2, 0) is 23.9 Å². The van der Waals surface area contributed by atoms with E-state index >= 15 is 0 Å². The number of hydrogen-bond donors (Lipinski definition) is 0. The Balaban J connectivity index is 2.45. The zero-order valence-corrected chi connectivity index (χ0v) is 19.4. The van der Waals surface area contributed by atoms with Gasteiger partial charge in [-0.2, -0.15) is 0 Å². The van der Waals surface area contributed by atoms with Crippen molar-refractivity contribution >= 4 is 34.6 Å². The number of rotatable bonds is 5. The zero-order valence-electron chi connectivity index (χ0n) is 19.4. The van der Waals surface area contributed by atoms with Crippen LogP contribution < -0.4 is 18.9 Å². The molecule has 1 aliphatic rings. The van der Waals surface area contributed by atoms with Crippen LogP contribution in [0.2, 0.25) is 0 Å². The SMILES string of the molecule is CC(=O)Oc1ccc(OC(C)=O)c2c(OC(C)=O)c(C3CCC(C)(C)O3)cc(OC(C)=O)c12. The quantitative estimate of drug-likeness (QED) is 0.481. The largest absolute Gasteiger partial charge is 0.426 e. The number of hydrogen-bond acceptors (Lipinski definition) is 9. The first-order valence-electron chi connectivity index (χ1n) is 10.4. The molecule has 1 aliphatic heterocycles. The fourth-order valence-electron chi connectivity index (χ4n) is 3.87. The van der Waals surface area contributed by atoms with E-state index in [1.807, 2.05) is 13.8 Å². The molecule has 0 radical (unpaired) electrons. The Labute approximate surface area is 190 Å². The molecule has 9 heteroatoms. The van der Waals surface area contributed by atoms with Crippen LogP contribution in [0.4, 0.5) is 0 Å². The van der Waals surface area contributed by atoms with Crippen LogP contribution in [0, 0.1) is 0 Å². The van der Waals surface area contributed by atoms with E-state index in [0.717, 1.165) is 6.42 Å². The summed E-state index contributed by atoms with van der Waals surface area (Å²) in [6.07, 6.45) is 0.858. The van der Waals surface area contributed by atoms with E-state index in [1.165, 1.54) is 45.9 Å². The molecule has 0 amide bonds. The fraction of sp³-hybridized carbons (Fsp3) is 0.417. The number of esters is 4. The van der Waals surface area contributed by atoms with Crippen molar-refractivity contribution in [2.75, 3.05) is 0 Å². The number of ether oxygens (including phenoxy) is 5. The summed E-state index contributed by atoms with van der Waals surface area (Å²) in [7, 11) is 0. The second kappa shape index (κ2) is 9.19. The van der Waals surface area contributed by atoms with E-state index in [9.17, 15) is 19.2 Å². The Hall–Kier alpha value is -3.46. The average molecular weight is 458 g/mol. The minimum absolute atomic E-state index is 0.0390. The van der Waals surface area contributed by atoms with Crippen molar-refractivity contribution in [1.29, 1.82) is 0 Å². The van der Waals surface area contributed by atoms with E-state index in [-0.39, 0.29) is 33.8 Å². The van der Waals surface area contributed by atoms with E-state index in [0.29, 0.717) is 12.0 Å². The third-order valence-corrected chi connectivity index (χ3v) is 4.97. The van der Waals surface area contributed by atoms with Crippen LogP contribution in [0.5, 0.6) is 23.0 Å². The van der Waals surface area contributed by atoms with Crippen molar-refractivity contribution in [3.05, 3.63) is 23.8 Å². The highest BCUT2D eigenvalue weighted by Crippen LogP contribution is 2.51. The van der Waals surface area contributed by atoms with Gasteiger partial charge in [0.1, 0.15) is 23.0 Å². The second-order valence-electron chi connectivity index (χ2n) is 8.38. The van der Waals surface area contributed by atoms with E-state index < -0.39 is 35.6 Å². The maximum Gasteiger partial charge on any atom is 0.308 e. The number of carbonyl (C=O) groups is 4. The van der Waals surface area contributed by atoms with Gasteiger partial charge in [-0.3, -0.25) is 19.2 Å². The molecule has 1 unspecified atom stereocenters. The molecule has 176 valence electrons. The molecular weight excluding hydrogens is 432 g/mol. The fourth-order valence-corrected chi connectivity index (χ4v) is 3.87. The van der Waals surface area contributed by atoms with Crippen molar-refractivity contribution in [1.82, 2.24) is 0 Å². The summed E-state index contributed by atoms with van der Waals surface area (Å²) < 4.78 is 27.9. The van der Waals surface area contributed by atoms with Crippen LogP contribution >= 0.6 is 0 Å². The van der Waals surface area contributed by atoms with E-state index in [1.54, 1.807) is 0 Å². The van der Waals surface area contributed by atoms with Gasteiger partial charge < -0.3 is 23.7 Å². The Morgan fingerprint density at radius 2 is 1.27 bits per heavy atom. The van der Waals surface area contributed by atoms with Crippen molar-refractivity contribution in [3.63, 3.8) is 0 Å². The van der Waals surface area contributed by atoms with Gasteiger partial charge in [-0.1, -0.05) is 0 Å². The molecule has 0 aliphatic carbocycles. The van der Waals surface area contributed by atoms with Gasteiger partial charge in [0.05, 0.1) is 22.5 Å². The summed E-state index contributed by atoms with van der Waals surface area (Å²) in [5.41, 5.74) is 0.0143. The molecule has 33 heavy (non-hydrogen) atoms. The van der Waals surface area contributed by atoms with Gasteiger partial charge in [0, 0.05) is 33.3 Å². The molecule has 9 nitrogen and oxygen atoms in total. The highest BCUT2D eigenvalue weighted by Gasteiger charge is 2.36. The van der Waals surface area contributed by atoms with Gasteiger partial charge in [0.2, 0.25) is 0 Å². The first kappa shape index (κ1) is 24.2. The van der Waals surface area contributed by atoms with Crippen LogP contribution in [0.25, 0.3) is 10.8 Å². The molecule has 1 atom stereocenters. The van der Waals surface area contributed by atoms with Crippen LogP contribution in [0.1, 0.15) is 66.1 Å². The molecule has 0 N–H and O–H groups in total. The lowest BCUT2D eigenvalue weighted by Crippen LogP contribution is -2.18. The lowest BCUT2D eigenvalue weighted by Gasteiger charge is -2.24. The highest BCUT2D eigenvalue weighted by molar-refractivity contribution is 6.06. The molecule has 0 aromatic heterocycles. The molecule has 1 fully saturated rings. The second-order valence-corrected chi connectivity index (χ2v) is 8.38. The lowest BCUT2D eigenvalue weighted by molar-refractivity contribution is -0.133. The zero-order chi connectivity index (χ0) is 24.5. The molecule has 0 spiro atoms. The van der Waals surface area contributed by atoms with Gasteiger partial charge in [0.25, 0.3) is 0 Å². The van der Waals surface area contributed by atoms with E-state index in [2.05, 4.69) is 0 Å². The molecule has 2 aromatic carbocycles. The Morgan fingerprint density at radius 1 is 0.788 bits per heavy atom. The molecule has 1 heterocycles. The van der Waals surface area contributed by atoms with Crippen molar-refractivity contribution in [2.45, 2.75) is 66.1 Å². The monoisotopic (exact) mass is 458 g/mol. The van der Waals surface area contributed by atoms with Crippen molar-refractivity contribution in [3.8, 4) is 23.0 Å². The van der Waals surface area contributed by atoms with E-state index in [4.69, 9.17) is 23.7 Å². The predicted octanol–water partition coefficient (Wildman–Crippen LogP) is 4.17. The van der Waals surface area contributed by atoms with Gasteiger partial charge >= 0.3 is 23.9 Å². The summed E-state index contributed by atoms with van der Waals surface area (Å²) in [6, 6.07) is 4.34. The predicted molar refractivity (Wildman–Crippen MR) is 116 cm³/mol. The first-order chi connectivity index (χ1) is 15.4. The Morgan fingerprint density at radius 3 is 1.73 bits per heavy atom. The standard InChI is InChI=1S/C24H26O9/c1-12(25)29-18-7-8-19(30-13(2)26)22-21(18)20(31-14(3)27)11-16(23(22)32-15(4)28)17-9-10-24(5,6)33-17/h7-8,11,17H,9-10H2,1-6H3. The number of benzene rings is 2. The highest BCUT2D eigenvalue weighted by atomic mass is 16.6. The third kappa shape index (κ3) is 5.48. The van der Waals surface area contributed by atoms with Crippen molar-refractivity contribution < 1.29 is 42.9 Å². The lowest BCUT2D eigenvalue weighted by atomic mass is 9.96.